The van der Waals surface area contributed by atoms with Crippen molar-refractivity contribution in [1.82, 2.24) is 0 Å². The van der Waals surface area contributed by atoms with Gasteiger partial charge in [-0.15, -0.1) is 0 Å². The van der Waals surface area contributed by atoms with Crippen LogP contribution in [-0.2, 0) is 11.2 Å². The molecule has 0 aliphatic heterocycles. The summed E-state index contributed by atoms with van der Waals surface area (Å²) in [4.78, 5) is 11.6. The fraction of sp³-hybridized carbons (Fsp3) is 0.462. The zero-order valence-electron chi connectivity index (χ0n) is 10.8. The Labute approximate surface area is 106 Å². The van der Waals surface area contributed by atoms with E-state index in [1.807, 2.05) is 0 Å². The quantitative estimate of drug-likeness (QED) is 0.543. The van der Waals surface area contributed by atoms with Gasteiger partial charge in [-0.3, -0.25) is 0 Å². The van der Waals surface area contributed by atoms with E-state index in [0.717, 1.165) is 0 Å². The van der Waals surface area contributed by atoms with Gasteiger partial charge in [0.1, 0.15) is 0 Å². The van der Waals surface area contributed by atoms with Crippen molar-refractivity contribution in [3.05, 3.63) is 29.3 Å². The Kier molecular flexibility index (Phi) is 4.32. The van der Waals surface area contributed by atoms with Gasteiger partial charge in [0, 0.05) is 12.1 Å². The molecule has 0 aliphatic carbocycles. The maximum Gasteiger partial charge on any atom is 0.338 e. The molecule has 1 aromatic rings. The van der Waals surface area contributed by atoms with Gasteiger partial charge in [-0.25, -0.2) is 4.79 Å². The van der Waals surface area contributed by atoms with E-state index in [2.05, 4.69) is 4.74 Å². The summed E-state index contributed by atoms with van der Waals surface area (Å²) in [6.45, 7) is 3.00. The first-order valence-electron chi connectivity index (χ1n) is 5.63. The van der Waals surface area contributed by atoms with Crippen LogP contribution in [0.5, 0.6) is 0 Å². The molecule has 1 aromatic carbocycles. The minimum atomic E-state index is -1.25. The van der Waals surface area contributed by atoms with Crippen molar-refractivity contribution in [2.45, 2.75) is 32.0 Å². The zero-order valence-corrected chi connectivity index (χ0v) is 10.8. The lowest BCUT2D eigenvalue weighted by Crippen LogP contribution is -2.37. The lowest BCUT2D eigenvalue weighted by Gasteiger charge is -2.25. The largest absolute Gasteiger partial charge is 0.465 e. The van der Waals surface area contributed by atoms with E-state index in [4.69, 9.17) is 5.73 Å². The molecule has 0 aliphatic rings. The maximum atomic E-state index is 11.6. The van der Waals surface area contributed by atoms with Gasteiger partial charge in [-0.2, -0.15) is 0 Å². The van der Waals surface area contributed by atoms with Gasteiger partial charge in [0.15, 0.2) is 0 Å². The Morgan fingerprint density at radius 3 is 2.61 bits per heavy atom. The van der Waals surface area contributed by atoms with E-state index < -0.39 is 17.7 Å². The minimum Gasteiger partial charge on any atom is -0.465 e. The third-order valence-corrected chi connectivity index (χ3v) is 2.76. The van der Waals surface area contributed by atoms with Crippen LogP contribution in [0.25, 0.3) is 0 Å². The number of carbonyl (C=O) groups is 1. The maximum absolute atomic E-state index is 11.6. The molecule has 0 aromatic heterocycles. The Hall–Kier alpha value is -1.59. The minimum absolute atomic E-state index is 0.124. The molecule has 0 heterocycles. The van der Waals surface area contributed by atoms with Gasteiger partial charge >= 0.3 is 5.97 Å². The Balaban J connectivity index is 3.07. The molecule has 5 nitrogen and oxygen atoms in total. The fourth-order valence-electron chi connectivity index (χ4n) is 1.55. The first-order chi connectivity index (χ1) is 8.25. The number of hydrogen-bond donors (Lipinski definition) is 3. The summed E-state index contributed by atoms with van der Waals surface area (Å²) in [6.07, 6.45) is -0.874. The molecule has 0 unspecified atom stereocenters. The molecule has 0 spiro atoms. The van der Waals surface area contributed by atoms with Crippen molar-refractivity contribution < 1.29 is 19.7 Å². The van der Waals surface area contributed by atoms with Crippen molar-refractivity contribution >= 4 is 11.7 Å². The van der Waals surface area contributed by atoms with E-state index in [1.165, 1.54) is 21.0 Å². The number of nitrogens with two attached hydrogens (primary N) is 1. The average molecular weight is 253 g/mol. The van der Waals surface area contributed by atoms with Crippen LogP contribution in [0.15, 0.2) is 18.2 Å². The molecule has 100 valence electrons. The molecule has 5 heteroatoms. The van der Waals surface area contributed by atoms with E-state index in [-0.39, 0.29) is 6.42 Å². The number of carbonyl (C=O) groups excluding carboxylic acids is 1. The van der Waals surface area contributed by atoms with Crippen LogP contribution in [0.4, 0.5) is 5.69 Å². The molecule has 18 heavy (non-hydrogen) atoms. The van der Waals surface area contributed by atoms with Crippen molar-refractivity contribution in [3.63, 3.8) is 0 Å². The Bertz CT molecular complexity index is 437. The number of benzene rings is 1. The van der Waals surface area contributed by atoms with Gasteiger partial charge in [-0.1, -0.05) is 0 Å². The highest BCUT2D eigenvalue weighted by molar-refractivity contribution is 5.91. The molecule has 0 saturated carbocycles. The Morgan fingerprint density at radius 2 is 2.11 bits per heavy atom. The molecular formula is C13H19NO4. The number of hydrogen-bond acceptors (Lipinski definition) is 5. The van der Waals surface area contributed by atoms with E-state index in [9.17, 15) is 15.0 Å². The molecule has 1 rings (SSSR count). The second-order valence-corrected chi connectivity index (χ2v) is 4.78. The number of anilines is 1. The molecular weight excluding hydrogens is 234 g/mol. The lowest BCUT2D eigenvalue weighted by atomic mass is 9.92. The highest BCUT2D eigenvalue weighted by atomic mass is 16.5. The third kappa shape index (κ3) is 3.45. The van der Waals surface area contributed by atoms with E-state index in [0.29, 0.717) is 16.8 Å². The SMILES string of the molecule is COC(=O)c1ccc(N)cc1C[C@H](O)C(C)(C)O. The molecule has 0 amide bonds. The van der Waals surface area contributed by atoms with Crippen molar-refractivity contribution in [1.29, 1.82) is 0 Å². The monoisotopic (exact) mass is 253 g/mol. The topological polar surface area (TPSA) is 92.8 Å². The average Bonchev–Trinajstić information content (AvgIpc) is 2.27. The highest BCUT2D eigenvalue weighted by Crippen LogP contribution is 2.20. The van der Waals surface area contributed by atoms with Crippen LogP contribution in [0.2, 0.25) is 0 Å². The summed E-state index contributed by atoms with van der Waals surface area (Å²) >= 11 is 0. The first kappa shape index (κ1) is 14.5. The Morgan fingerprint density at radius 1 is 1.50 bits per heavy atom. The van der Waals surface area contributed by atoms with Crippen molar-refractivity contribution in [2.75, 3.05) is 12.8 Å². The molecule has 1 atom stereocenters. The number of esters is 1. The van der Waals surface area contributed by atoms with Gasteiger partial charge in [-0.05, 0) is 37.6 Å². The number of aliphatic hydroxyl groups excluding tert-OH is 1. The van der Waals surface area contributed by atoms with Crippen molar-refractivity contribution in [3.8, 4) is 0 Å². The van der Waals surface area contributed by atoms with Crippen LogP contribution in [-0.4, -0.2) is 35.0 Å². The van der Waals surface area contributed by atoms with Crippen LogP contribution in [0.3, 0.4) is 0 Å². The number of rotatable bonds is 4. The van der Waals surface area contributed by atoms with Crippen LogP contribution in [0, 0.1) is 0 Å². The van der Waals surface area contributed by atoms with Crippen molar-refractivity contribution in [2.24, 2.45) is 0 Å². The summed E-state index contributed by atoms with van der Waals surface area (Å²) in [6, 6.07) is 4.74. The number of ether oxygens (including phenoxy) is 1. The zero-order chi connectivity index (χ0) is 13.9. The van der Waals surface area contributed by atoms with Crippen LogP contribution in [0.1, 0.15) is 29.8 Å². The van der Waals surface area contributed by atoms with Crippen LogP contribution < -0.4 is 5.73 Å². The normalized spacial score (nSPS) is 13.2. The van der Waals surface area contributed by atoms with E-state index in [1.54, 1.807) is 18.2 Å². The summed E-state index contributed by atoms with van der Waals surface area (Å²) in [5, 5.41) is 19.6. The molecule has 0 saturated heterocycles. The van der Waals surface area contributed by atoms with Gasteiger partial charge in [0.25, 0.3) is 0 Å². The molecule has 0 fully saturated rings. The molecule has 0 radical (unpaired) electrons. The second-order valence-electron chi connectivity index (χ2n) is 4.78. The van der Waals surface area contributed by atoms with E-state index >= 15 is 0 Å². The summed E-state index contributed by atoms with van der Waals surface area (Å²) in [5.74, 6) is -0.493. The predicted molar refractivity (Wildman–Crippen MR) is 68.2 cm³/mol. The summed E-state index contributed by atoms with van der Waals surface area (Å²) in [5.41, 5.74) is 5.79. The number of methoxy groups -OCH3 is 1. The number of aliphatic hydroxyl groups is 2. The summed E-state index contributed by atoms with van der Waals surface area (Å²) < 4.78 is 4.66. The number of nitrogen functional groups attached to an aromatic ring is 1. The lowest BCUT2D eigenvalue weighted by molar-refractivity contribution is -0.0470. The van der Waals surface area contributed by atoms with Crippen LogP contribution >= 0.6 is 0 Å². The van der Waals surface area contributed by atoms with Gasteiger partial charge < -0.3 is 20.7 Å². The highest BCUT2D eigenvalue weighted by Gasteiger charge is 2.26. The smallest absolute Gasteiger partial charge is 0.338 e. The third-order valence-electron chi connectivity index (χ3n) is 2.76. The summed E-state index contributed by atoms with van der Waals surface area (Å²) in [7, 11) is 1.29. The van der Waals surface area contributed by atoms with Gasteiger partial charge in [0.05, 0.1) is 24.4 Å². The first-order valence-corrected chi connectivity index (χ1v) is 5.63. The van der Waals surface area contributed by atoms with Gasteiger partial charge in [0.2, 0.25) is 0 Å². The second kappa shape index (κ2) is 5.37. The fourth-order valence-corrected chi connectivity index (χ4v) is 1.55. The molecule has 0 bridgehead atoms. The standard InChI is InChI=1S/C13H19NO4/c1-13(2,17)11(15)7-8-6-9(14)4-5-10(8)12(16)18-3/h4-6,11,15,17H,7,14H2,1-3H3/t11-/m0/s1. The predicted octanol–water partition coefficient (Wildman–Crippen LogP) is 0.730. The molecule has 4 N–H and O–H groups in total.